The summed E-state index contributed by atoms with van der Waals surface area (Å²) in [6.45, 7) is 6.77. The van der Waals surface area contributed by atoms with Crippen molar-refractivity contribution in [2.75, 3.05) is 13.7 Å². The quantitative estimate of drug-likeness (QED) is 0.537. The standard InChI is InChI=1S/C20H24O4/c1-14(2)6-5-7-15(3)10-11-23-16-12-18(22-4)17-8-9-20(21)24-19(17)13-16/h6,8-10,12-13H,5,7,11H2,1-4H3. The summed E-state index contributed by atoms with van der Waals surface area (Å²) >= 11 is 0. The molecule has 0 atom stereocenters. The number of allylic oxidation sites excluding steroid dienone is 3. The van der Waals surface area contributed by atoms with Crippen LogP contribution in [0.3, 0.4) is 0 Å². The van der Waals surface area contributed by atoms with E-state index in [9.17, 15) is 4.79 Å². The lowest BCUT2D eigenvalue weighted by Crippen LogP contribution is -1.99. The van der Waals surface area contributed by atoms with Gasteiger partial charge in [-0.3, -0.25) is 0 Å². The second-order valence-corrected chi connectivity index (χ2v) is 5.97. The molecule has 0 saturated carbocycles. The molecule has 0 aliphatic rings. The fraction of sp³-hybridized carbons (Fsp3) is 0.350. The van der Waals surface area contributed by atoms with E-state index in [2.05, 4.69) is 32.9 Å². The Morgan fingerprint density at radius 3 is 2.67 bits per heavy atom. The van der Waals surface area contributed by atoms with Gasteiger partial charge in [0.15, 0.2) is 0 Å². The Hall–Kier alpha value is -2.49. The zero-order valence-corrected chi connectivity index (χ0v) is 14.7. The first-order valence-electron chi connectivity index (χ1n) is 8.03. The van der Waals surface area contributed by atoms with Crippen LogP contribution < -0.4 is 15.1 Å². The summed E-state index contributed by atoms with van der Waals surface area (Å²) in [5.74, 6) is 1.23. The predicted octanol–water partition coefficient (Wildman–Crippen LogP) is 4.87. The monoisotopic (exact) mass is 328 g/mol. The first-order valence-corrected chi connectivity index (χ1v) is 8.03. The number of benzene rings is 1. The van der Waals surface area contributed by atoms with Crippen LogP contribution in [0, 0.1) is 0 Å². The molecule has 0 fully saturated rings. The molecule has 1 heterocycles. The minimum atomic E-state index is -0.392. The van der Waals surface area contributed by atoms with Crippen LogP contribution in [-0.2, 0) is 0 Å². The van der Waals surface area contributed by atoms with Crippen LogP contribution >= 0.6 is 0 Å². The second kappa shape index (κ2) is 8.39. The molecule has 24 heavy (non-hydrogen) atoms. The van der Waals surface area contributed by atoms with Crippen LogP contribution in [0.4, 0.5) is 0 Å². The van der Waals surface area contributed by atoms with Gasteiger partial charge in [0.25, 0.3) is 0 Å². The number of ether oxygens (including phenoxy) is 2. The lowest BCUT2D eigenvalue weighted by atomic mass is 10.1. The van der Waals surface area contributed by atoms with E-state index in [1.807, 2.05) is 0 Å². The van der Waals surface area contributed by atoms with Crippen LogP contribution in [0.1, 0.15) is 33.6 Å². The second-order valence-electron chi connectivity index (χ2n) is 5.97. The van der Waals surface area contributed by atoms with Gasteiger partial charge in [-0.15, -0.1) is 0 Å². The van der Waals surface area contributed by atoms with Crippen molar-refractivity contribution in [1.29, 1.82) is 0 Å². The molecule has 0 aliphatic heterocycles. The molecule has 128 valence electrons. The summed E-state index contributed by atoms with van der Waals surface area (Å²) in [6, 6.07) is 6.58. The molecule has 2 rings (SSSR count). The largest absolute Gasteiger partial charge is 0.496 e. The van der Waals surface area contributed by atoms with Crippen molar-refractivity contribution in [3.8, 4) is 11.5 Å². The van der Waals surface area contributed by atoms with Gasteiger partial charge in [-0.05, 0) is 45.8 Å². The van der Waals surface area contributed by atoms with Crippen LogP contribution in [-0.4, -0.2) is 13.7 Å². The van der Waals surface area contributed by atoms with E-state index in [1.165, 1.54) is 17.2 Å². The van der Waals surface area contributed by atoms with E-state index >= 15 is 0 Å². The van der Waals surface area contributed by atoms with Crippen LogP contribution in [0.15, 0.2) is 56.8 Å². The van der Waals surface area contributed by atoms with Gasteiger partial charge in [0.1, 0.15) is 23.7 Å². The van der Waals surface area contributed by atoms with Gasteiger partial charge < -0.3 is 13.9 Å². The number of hydrogen-bond acceptors (Lipinski definition) is 4. The van der Waals surface area contributed by atoms with Gasteiger partial charge in [0.05, 0.1) is 12.5 Å². The molecular formula is C20H24O4. The van der Waals surface area contributed by atoms with Gasteiger partial charge in [0.2, 0.25) is 0 Å². The van der Waals surface area contributed by atoms with Gasteiger partial charge in [-0.25, -0.2) is 4.79 Å². The Bertz CT molecular complexity index is 808. The highest BCUT2D eigenvalue weighted by Gasteiger charge is 2.07. The number of methoxy groups -OCH3 is 1. The van der Waals surface area contributed by atoms with Crippen molar-refractivity contribution in [2.24, 2.45) is 0 Å². The fourth-order valence-electron chi connectivity index (χ4n) is 2.34. The van der Waals surface area contributed by atoms with Gasteiger partial charge in [0, 0.05) is 18.2 Å². The normalized spacial score (nSPS) is 11.4. The van der Waals surface area contributed by atoms with Crippen molar-refractivity contribution in [3.05, 3.63) is 58.0 Å². The van der Waals surface area contributed by atoms with E-state index in [0.29, 0.717) is 23.7 Å². The molecule has 0 N–H and O–H groups in total. The van der Waals surface area contributed by atoms with Crippen molar-refractivity contribution in [2.45, 2.75) is 33.6 Å². The van der Waals surface area contributed by atoms with Gasteiger partial charge >= 0.3 is 5.63 Å². The Kier molecular flexibility index (Phi) is 6.24. The molecule has 0 unspecified atom stereocenters. The Balaban J connectivity index is 2.07. The van der Waals surface area contributed by atoms with Crippen molar-refractivity contribution >= 4 is 11.0 Å². The molecule has 4 heteroatoms. The average Bonchev–Trinajstić information content (AvgIpc) is 2.53. The van der Waals surface area contributed by atoms with Crippen molar-refractivity contribution < 1.29 is 13.9 Å². The first-order chi connectivity index (χ1) is 11.5. The van der Waals surface area contributed by atoms with E-state index in [4.69, 9.17) is 13.9 Å². The maximum Gasteiger partial charge on any atom is 0.336 e. The van der Waals surface area contributed by atoms with E-state index < -0.39 is 5.63 Å². The Morgan fingerprint density at radius 1 is 1.17 bits per heavy atom. The predicted molar refractivity (Wildman–Crippen MR) is 97.0 cm³/mol. The number of hydrogen-bond donors (Lipinski definition) is 0. The lowest BCUT2D eigenvalue weighted by Gasteiger charge is -2.09. The lowest BCUT2D eigenvalue weighted by molar-refractivity contribution is 0.356. The smallest absolute Gasteiger partial charge is 0.336 e. The topological polar surface area (TPSA) is 48.7 Å². The summed E-state index contributed by atoms with van der Waals surface area (Å²) in [6.07, 6.45) is 6.36. The molecule has 0 radical (unpaired) electrons. The highest BCUT2D eigenvalue weighted by Crippen LogP contribution is 2.30. The van der Waals surface area contributed by atoms with E-state index in [0.717, 1.165) is 18.2 Å². The third-order valence-electron chi connectivity index (χ3n) is 3.67. The Labute approximate surface area is 142 Å². The fourth-order valence-corrected chi connectivity index (χ4v) is 2.34. The summed E-state index contributed by atoms with van der Waals surface area (Å²) in [4.78, 5) is 11.4. The highest BCUT2D eigenvalue weighted by atomic mass is 16.5. The summed E-state index contributed by atoms with van der Waals surface area (Å²) in [7, 11) is 1.58. The molecule has 0 spiro atoms. The molecule has 0 aliphatic carbocycles. The van der Waals surface area contributed by atoms with Crippen molar-refractivity contribution in [3.63, 3.8) is 0 Å². The minimum absolute atomic E-state index is 0.392. The minimum Gasteiger partial charge on any atom is -0.496 e. The molecule has 1 aromatic heterocycles. The summed E-state index contributed by atoms with van der Waals surface area (Å²) < 4.78 is 16.3. The van der Waals surface area contributed by atoms with Crippen LogP contribution in [0.25, 0.3) is 11.0 Å². The van der Waals surface area contributed by atoms with Crippen molar-refractivity contribution in [1.82, 2.24) is 0 Å². The maximum atomic E-state index is 11.4. The van der Waals surface area contributed by atoms with Gasteiger partial charge in [-0.1, -0.05) is 17.2 Å². The van der Waals surface area contributed by atoms with E-state index in [-0.39, 0.29) is 0 Å². The zero-order valence-electron chi connectivity index (χ0n) is 14.7. The molecule has 4 nitrogen and oxygen atoms in total. The molecular weight excluding hydrogens is 304 g/mol. The van der Waals surface area contributed by atoms with Crippen LogP contribution in [0.5, 0.6) is 11.5 Å². The molecule has 0 bridgehead atoms. The third-order valence-corrected chi connectivity index (χ3v) is 3.67. The first kappa shape index (κ1) is 17.9. The molecule has 2 aromatic rings. The number of rotatable bonds is 7. The summed E-state index contributed by atoms with van der Waals surface area (Å²) in [5.41, 5.74) is 2.69. The van der Waals surface area contributed by atoms with Crippen LogP contribution in [0.2, 0.25) is 0 Å². The van der Waals surface area contributed by atoms with Gasteiger partial charge in [-0.2, -0.15) is 0 Å². The molecule has 0 amide bonds. The molecule has 0 saturated heterocycles. The molecule has 1 aromatic carbocycles. The number of fused-ring (bicyclic) bond motifs is 1. The maximum absolute atomic E-state index is 11.4. The summed E-state index contributed by atoms with van der Waals surface area (Å²) in [5, 5.41) is 0.748. The highest BCUT2D eigenvalue weighted by molar-refractivity contribution is 5.84. The SMILES string of the molecule is COc1cc(OCC=C(C)CCC=C(C)C)cc2oc(=O)ccc12. The average molecular weight is 328 g/mol. The zero-order chi connectivity index (χ0) is 17.5. The Morgan fingerprint density at radius 2 is 1.96 bits per heavy atom. The van der Waals surface area contributed by atoms with E-state index in [1.54, 1.807) is 25.3 Å². The third kappa shape index (κ3) is 5.01.